The van der Waals surface area contributed by atoms with Crippen molar-refractivity contribution >= 4 is 23.5 Å². The Morgan fingerprint density at radius 2 is 1.62 bits per heavy atom. The number of ether oxygens (including phenoxy) is 1. The summed E-state index contributed by atoms with van der Waals surface area (Å²) < 4.78 is 108. The van der Waals surface area contributed by atoms with Crippen LogP contribution in [0.4, 0.5) is 52.7 Å². The highest BCUT2D eigenvalue weighted by molar-refractivity contribution is 5.94. The fourth-order valence-electron chi connectivity index (χ4n) is 3.81. The van der Waals surface area contributed by atoms with E-state index in [9.17, 15) is 39.9 Å². The number of anilines is 3. The number of nitrogens with one attached hydrogen (secondary N) is 2. The number of carbonyl (C=O) groups excluding carboxylic acids is 1. The SMILES string of the molecule is O=C(c1ccc(F)c(F)c1)N1CCC(Nc2nc(Nc3cccc(C(F)(F)F)c3)nc(OCC(F)(F)F)n2)CC1. The quantitative estimate of drug-likeness (QED) is 0.356. The Labute approximate surface area is 221 Å². The van der Waals surface area contributed by atoms with Crippen LogP contribution in [0.2, 0.25) is 0 Å². The second-order valence-corrected chi connectivity index (χ2v) is 8.71. The molecule has 1 aromatic heterocycles. The summed E-state index contributed by atoms with van der Waals surface area (Å²) in [6.07, 6.45) is -8.68. The molecule has 1 saturated heterocycles. The van der Waals surface area contributed by atoms with Crippen LogP contribution in [0, 0.1) is 11.6 Å². The zero-order chi connectivity index (χ0) is 29.1. The van der Waals surface area contributed by atoms with Gasteiger partial charge in [0.1, 0.15) is 0 Å². The molecule has 214 valence electrons. The largest absolute Gasteiger partial charge is 0.454 e. The molecule has 16 heteroatoms. The first-order valence-corrected chi connectivity index (χ1v) is 11.7. The number of hydrogen-bond acceptors (Lipinski definition) is 7. The zero-order valence-electron chi connectivity index (χ0n) is 20.3. The summed E-state index contributed by atoms with van der Waals surface area (Å²) in [6.45, 7) is -1.31. The van der Waals surface area contributed by atoms with Crippen LogP contribution in [-0.4, -0.2) is 57.7 Å². The van der Waals surface area contributed by atoms with Crippen LogP contribution in [0.3, 0.4) is 0 Å². The van der Waals surface area contributed by atoms with Crippen LogP contribution in [0.1, 0.15) is 28.8 Å². The lowest BCUT2D eigenvalue weighted by molar-refractivity contribution is -0.154. The van der Waals surface area contributed by atoms with Crippen molar-refractivity contribution in [1.29, 1.82) is 0 Å². The van der Waals surface area contributed by atoms with Crippen molar-refractivity contribution in [2.45, 2.75) is 31.2 Å². The minimum atomic E-state index is -4.71. The molecule has 0 saturated carbocycles. The number of carbonyl (C=O) groups is 1. The molecule has 1 aliphatic heterocycles. The molecule has 0 unspecified atom stereocenters. The Morgan fingerprint density at radius 3 is 2.27 bits per heavy atom. The summed E-state index contributed by atoms with van der Waals surface area (Å²) >= 11 is 0. The van der Waals surface area contributed by atoms with E-state index < -0.39 is 48.1 Å². The number of likely N-dealkylation sites (tertiary alicyclic amines) is 1. The number of piperidine rings is 1. The number of aromatic nitrogens is 3. The molecule has 2 aromatic carbocycles. The lowest BCUT2D eigenvalue weighted by atomic mass is 10.0. The van der Waals surface area contributed by atoms with Gasteiger partial charge in [0.15, 0.2) is 18.2 Å². The second-order valence-electron chi connectivity index (χ2n) is 8.71. The van der Waals surface area contributed by atoms with Crippen molar-refractivity contribution in [3.63, 3.8) is 0 Å². The van der Waals surface area contributed by atoms with E-state index in [4.69, 9.17) is 0 Å². The third-order valence-corrected chi connectivity index (χ3v) is 5.71. The van der Waals surface area contributed by atoms with Crippen molar-refractivity contribution in [2.75, 3.05) is 30.3 Å². The summed E-state index contributed by atoms with van der Waals surface area (Å²) in [5.41, 5.74) is -1.08. The Balaban J connectivity index is 1.47. The monoisotopic (exact) mass is 576 g/mol. The molecule has 2 N–H and O–H groups in total. The molecule has 1 aliphatic rings. The Kier molecular flexibility index (Phi) is 8.25. The topological polar surface area (TPSA) is 92.3 Å². The van der Waals surface area contributed by atoms with Crippen LogP contribution < -0.4 is 15.4 Å². The van der Waals surface area contributed by atoms with Gasteiger partial charge in [0.25, 0.3) is 5.91 Å². The number of halogens is 8. The normalized spacial score (nSPS) is 14.7. The van der Waals surface area contributed by atoms with E-state index in [0.717, 1.165) is 36.4 Å². The van der Waals surface area contributed by atoms with Crippen LogP contribution >= 0.6 is 0 Å². The van der Waals surface area contributed by atoms with E-state index in [-0.39, 0.29) is 42.3 Å². The van der Waals surface area contributed by atoms with E-state index in [0.29, 0.717) is 12.8 Å². The Bertz CT molecular complexity index is 1360. The maximum absolute atomic E-state index is 13.5. The van der Waals surface area contributed by atoms with E-state index >= 15 is 0 Å². The van der Waals surface area contributed by atoms with Gasteiger partial charge in [-0.15, -0.1) is 0 Å². The molecule has 0 radical (unpaired) electrons. The predicted octanol–water partition coefficient (Wildman–Crippen LogP) is 5.57. The minimum Gasteiger partial charge on any atom is -0.454 e. The number of nitrogens with zero attached hydrogens (tertiary/aromatic N) is 4. The van der Waals surface area contributed by atoms with Gasteiger partial charge in [-0.05, 0) is 49.2 Å². The summed E-state index contributed by atoms with van der Waals surface area (Å²) in [5.74, 6) is -3.34. The van der Waals surface area contributed by atoms with Crippen LogP contribution in [0.25, 0.3) is 0 Å². The highest BCUT2D eigenvalue weighted by atomic mass is 19.4. The zero-order valence-corrected chi connectivity index (χ0v) is 20.3. The molecule has 3 aromatic rings. The van der Waals surface area contributed by atoms with E-state index in [2.05, 4.69) is 30.3 Å². The summed E-state index contributed by atoms with van der Waals surface area (Å²) in [4.78, 5) is 25.6. The second kappa shape index (κ2) is 11.5. The van der Waals surface area contributed by atoms with E-state index in [1.54, 1.807) is 0 Å². The molecule has 1 fully saturated rings. The number of rotatable bonds is 7. The summed E-state index contributed by atoms with van der Waals surface area (Å²) in [6, 6.07) is 5.74. The lowest BCUT2D eigenvalue weighted by Crippen LogP contribution is -2.42. The van der Waals surface area contributed by atoms with Gasteiger partial charge in [0.05, 0.1) is 5.56 Å². The van der Waals surface area contributed by atoms with Crippen molar-refractivity contribution in [1.82, 2.24) is 19.9 Å². The highest BCUT2D eigenvalue weighted by Gasteiger charge is 2.31. The van der Waals surface area contributed by atoms with Gasteiger partial charge in [-0.25, -0.2) is 8.78 Å². The first kappa shape index (κ1) is 28.8. The maximum atomic E-state index is 13.5. The first-order chi connectivity index (χ1) is 18.8. The van der Waals surface area contributed by atoms with Gasteiger partial charge in [-0.1, -0.05) is 6.07 Å². The van der Waals surface area contributed by atoms with Crippen molar-refractivity contribution in [2.24, 2.45) is 0 Å². The molecule has 2 heterocycles. The summed E-state index contributed by atoms with van der Waals surface area (Å²) in [7, 11) is 0. The van der Waals surface area contributed by atoms with Crippen LogP contribution in [-0.2, 0) is 6.18 Å². The maximum Gasteiger partial charge on any atom is 0.422 e. The van der Waals surface area contributed by atoms with Gasteiger partial charge >= 0.3 is 18.4 Å². The molecule has 0 aliphatic carbocycles. The third kappa shape index (κ3) is 7.66. The molecule has 40 heavy (non-hydrogen) atoms. The highest BCUT2D eigenvalue weighted by Crippen LogP contribution is 2.31. The van der Waals surface area contributed by atoms with Crippen LogP contribution in [0.5, 0.6) is 6.01 Å². The van der Waals surface area contributed by atoms with Gasteiger partial charge in [-0.2, -0.15) is 41.3 Å². The Hall–Kier alpha value is -4.24. The first-order valence-electron chi connectivity index (χ1n) is 11.7. The fourth-order valence-corrected chi connectivity index (χ4v) is 3.81. The molecular weight excluding hydrogens is 556 g/mol. The molecule has 1 amide bonds. The molecule has 0 spiro atoms. The predicted molar refractivity (Wildman–Crippen MR) is 125 cm³/mol. The minimum absolute atomic E-state index is 0.0282. The fraction of sp³-hybridized carbons (Fsp3) is 0.333. The third-order valence-electron chi connectivity index (χ3n) is 5.71. The number of hydrogen-bond donors (Lipinski definition) is 2. The smallest absolute Gasteiger partial charge is 0.422 e. The van der Waals surface area contributed by atoms with Gasteiger partial charge in [0.2, 0.25) is 11.9 Å². The van der Waals surface area contributed by atoms with Gasteiger partial charge in [0, 0.05) is 30.4 Å². The number of amides is 1. The molecule has 0 atom stereocenters. The van der Waals surface area contributed by atoms with Crippen molar-refractivity contribution in [3.05, 3.63) is 65.2 Å². The average Bonchev–Trinajstić information content (AvgIpc) is 2.88. The van der Waals surface area contributed by atoms with Gasteiger partial charge in [-0.3, -0.25) is 4.79 Å². The average molecular weight is 576 g/mol. The van der Waals surface area contributed by atoms with E-state index in [1.807, 2.05) is 0 Å². The molecule has 4 rings (SSSR count). The van der Waals surface area contributed by atoms with Crippen LogP contribution in [0.15, 0.2) is 42.5 Å². The number of benzene rings is 2. The number of alkyl halides is 6. The Morgan fingerprint density at radius 1 is 0.925 bits per heavy atom. The summed E-state index contributed by atoms with van der Waals surface area (Å²) in [5, 5.41) is 5.41. The molecule has 8 nitrogen and oxygen atoms in total. The van der Waals surface area contributed by atoms with Crippen molar-refractivity contribution in [3.8, 4) is 6.01 Å². The molecule has 0 bridgehead atoms. The lowest BCUT2D eigenvalue weighted by Gasteiger charge is -2.32. The molecular formula is C24H20F8N6O2. The van der Waals surface area contributed by atoms with Gasteiger partial charge < -0.3 is 20.3 Å². The van der Waals surface area contributed by atoms with Crippen molar-refractivity contribution < 1.29 is 44.7 Å². The standard InChI is InChI=1S/C24H20F8N6O2/c25-17-5-4-13(10-18(17)26)19(39)38-8-6-15(7-9-38)33-20-35-21(37-22(36-20)40-12-23(27,28)29)34-16-3-1-2-14(11-16)24(30,31)32/h1-5,10-11,15H,6-9,12H2,(H2,33,34,35,36,37). The van der Waals surface area contributed by atoms with E-state index in [1.165, 1.54) is 11.0 Å².